The van der Waals surface area contributed by atoms with Crippen LogP contribution in [0, 0.1) is 17.0 Å². The maximum Gasteiger partial charge on any atom is 0.269 e. The first kappa shape index (κ1) is 19.7. The number of hydrogen-bond acceptors (Lipinski definition) is 8. The van der Waals surface area contributed by atoms with Gasteiger partial charge in [-0.25, -0.2) is 4.98 Å². The number of anilines is 2. The second kappa shape index (κ2) is 8.75. The van der Waals surface area contributed by atoms with Gasteiger partial charge in [-0.1, -0.05) is 0 Å². The molecule has 1 N–H and O–H groups in total. The molecule has 28 heavy (non-hydrogen) atoms. The number of aryl methyl sites for hydroxylation is 1. The Morgan fingerprint density at radius 2 is 1.79 bits per heavy atom. The number of ether oxygens (including phenoxy) is 2. The summed E-state index contributed by atoms with van der Waals surface area (Å²) in [5.41, 5.74) is 1.78. The number of nitro groups is 1. The monoisotopic (exact) mass is 388 g/mol. The highest BCUT2D eigenvalue weighted by Gasteiger charge is 2.23. The molecule has 9 nitrogen and oxygen atoms in total. The average Bonchev–Trinajstić information content (AvgIpc) is 2.70. The zero-order chi connectivity index (χ0) is 20.1. The maximum atomic E-state index is 10.8. The van der Waals surface area contributed by atoms with Crippen molar-refractivity contribution in [3.63, 3.8) is 0 Å². The topological polar surface area (TPSA) is 101 Å². The predicted octanol–water partition coefficient (Wildman–Crippen LogP) is 2.36. The van der Waals surface area contributed by atoms with E-state index in [-0.39, 0.29) is 11.4 Å². The average molecular weight is 388 g/mol. The molecular formula is C19H24N4O5. The van der Waals surface area contributed by atoms with Gasteiger partial charge in [0.05, 0.1) is 11.5 Å². The van der Waals surface area contributed by atoms with Crippen LogP contribution in [0.2, 0.25) is 0 Å². The van der Waals surface area contributed by atoms with Crippen LogP contribution in [0.25, 0.3) is 0 Å². The first-order valence-electron chi connectivity index (χ1n) is 9.06. The molecule has 150 valence electrons. The minimum absolute atomic E-state index is 0.0329. The summed E-state index contributed by atoms with van der Waals surface area (Å²) in [5.74, 6) is 0.943. The van der Waals surface area contributed by atoms with Crippen LogP contribution in [0.1, 0.15) is 5.69 Å². The summed E-state index contributed by atoms with van der Waals surface area (Å²) in [4.78, 5) is 19.1. The van der Waals surface area contributed by atoms with Gasteiger partial charge < -0.3 is 24.4 Å². The molecule has 9 heteroatoms. The summed E-state index contributed by atoms with van der Waals surface area (Å²) >= 11 is 0. The summed E-state index contributed by atoms with van der Waals surface area (Å²) in [6.45, 7) is 5.40. The second-order valence-corrected chi connectivity index (χ2v) is 6.52. The smallest absolute Gasteiger partial charge is 0.269 e. The Hall–Kier alpha value is -3.07. The van der Waals surface area contributed by atoms with Crippen LogP contribution >= 0.6 is 0 Å². The molecule has 0 radical (unpaired) electrons. The molecule has 0 saturated carbocycles. The minimum atomic E-state index is -0.403. The number of benzene rings is 1. The number of methoxy groups -OCH3 is 1. The van der Waals surface area contributed by atoms with E-state index in [1.165, 1.54) is 12.1 Å². The number of nitrogens with zero attached hydrogens (tertiary/aromatic N) is 4. The van der Waals surface area contributed by atoms with E-state index >= 15 is 0 Å². The van der Waals surface area contributed by atoms with E-state index in [0.29, 0.717) is 51.0 Å². The Morgan fingerprint density at radius 3 is 2.39 bits per heavy atom. The standard InChI is InChI=1S/C19H24N4O5/c1-14-13-17(28-12-11-27-2)18(24)19(20-14)22-9-7-21(8-10-22)15-3-5-16(6-4-15)23(25)26/h3-6,13,24H,7-12H2,1-2H3. The van der Waals surface area contributed by atoms with E-state index in [9.17, 15) is 15.2 Å². The van der Waals surface area contributed by atoms with Crippen molar-refractivity contribution in [2.45, 2.75) is 6.92 Å². The highest BCUT2D eigenvalue weighted by Crippen LogP contribution is 2.36. The molecule has 2 heterocycles. The van der Waals surface area contributed by atoms with Gasteiger partial charge in [0.2, 0.25) is 5.75 Å². The Labute approximate surface area is 163 Å². The minimum Gasteiger partial charge on any atom is -0.502 e. The molecule has 1 aromatic heterocycles. The summed E-state index contributed by atoms with van der Waals surface area (Å²) < 4.78 is 10.6. The van der Waals surface area contributed by atoms with Crippen LogP contribution in [-0.4, -0.2) is 61.5 Å². The van der Waals surface area contributed by atoms with E-state index in [1.54, 1.807) is 25.3 Å². The van der Waals surface area contributed by atoms with E-state index in [1.807, 2.05) is 11.8 Å². The fourth-order valence-corrected chi connectivity index (χ4v) is 3.15. The molecule has 1 aliphatic heterocycles. The van der Waals surface area contributed by atoms with Crippen molar-refractivity contribution in [1.82, 2.24) is 4.98 Å². The Bertz CT molecular complexity index is 820. The summed E-state index contributed by atoms with van der Waals surface area (Å²) in [7, 11) is 1.59. The van der Waals surface area contributed by atoms with Gasteiger partial charge in [0.25, 0.3) is 5.69 Å². The largest absolute Gasteiger partial charge is 0.502 e. The van der Waals surface area contributed by atoms with Crippen LogP contribution in [0.5, 0.6) is 11.5 Å². The number of non-ortho nitro benzene ring substituents is 1. The molecule has 0 spiro atoms. The molecule has 0 bridgehead atoms. The highest BCUT2D eigenvalue weighted by atomic mass is 16.6. The molecule has 2 aromatic rings. The van der Waals surface area contributed by atoms with E-state index in [2.05, 4.69) is 9.88 Å². The number of pyridine rings is 1. The predicted molar refractivity (Wildman–Crippen MR) is 106 cm³/mol. The van der Waals surface area contributed by atoms with Gasteiger partial charge >= 0.3 is 0 Å². The molecule has 1 fully saturated rings. The Kier molecular flexibility index (Phi) is 6.15. The van der Waals surface area contributed by atoms with Gasteiger partial charge in [0, 0.05) is 62.9 Å². The van der Waals surface area contributed by atoms with Crippen molar-refractivity contribution in [2.24, 2.45) is 0 Å². The lowest BCUT2D eigenvalue weighted by Gasteiger charge is -2.37. The summed E-state index contributed by atoms with van der Waals surface area (Å²) in [6, 6.07) is 8.26. The van der Waals surface area contributed by atoms with Gasteiger partial charge in [-0.15, -0.1) is 0 Å². The third kappa shape index (κ3) is 4.42. The first-order valence-corrected chi connectivity index (χ1v) is 9.06. The lowest BCUT2D eigenvalue weighted by atomic mass is 10.2. The number of aromatic nitrogens is 1. The number of nitro benzene ring substituents is 1. The van der Waals surface area contributed by atoms with Crippen molar-refractivity contribution in [3.8, 4) is 11.5 Å². The normalized spacial score (nSPS) is 14.2. The fraction of sp³-hybridized carbons (Fsp3) is 0.421. The molecule has 0 atom stereocenters. The van der Waals surface area contributed by atoms with Crippen LogP contribution in [0.3, 0.4) is 0 Å². The molecule has 1 saturated heterocycles. The van der Waals surface area contributed by atoms with Crippen LogP contribution in [0.15, 0.2) is 30.3 Å². The SMILES string of the molecule is COCCOc1cc(C)nc(N2CCN(c3ccc([N+](=O)[O-])cc3)CC2)c1O. The molecule has 1 aliphatic rings. The van der Waals surface area contributed by atoms with Gasteiger partial charge in [-0.3, -0.25) is 10.1 Å². The van der Waals surface area contributed by atoms with Crippen molar-refractivity contribution >= 4 is 17.2 Å². The van der Waals surface area contributed by atoms with Gasteiger partial charge in [0.1, 0.15) is 6.61 Å². The zero-order valence-corrected chi connectivity index (χ0v) is 16.0. The van der Waals surface area contributed by atoms with Crippen molar-refractivity contribution in [3.05, 3.63) is 46.1 Å². The Morgan fingerprint density at radius 1 is 1.14 bits per heavy atom. The Balaban J connectivity index is 1.68. The van der Waals surface area contributed by atoms with E-state index in [4.69, 9.17) is 9.47 Å². The summed E-state index contributed by atoms with van der Waals surface area (Å²) in [5, 5.41) is 21.4. The molecule has 0 unspecified atom stereocenters. The third-order valence-electron chi connectivity index (χ3n) is 4.62. The fourth-order valence-electron chi connectivity index (χ4n) is 3.15. The maximum absolute atomic E-state index is 10.8. The van der Waals surface area contributed by atoms with Crippen LogP contribution < -0.4 is 14.5 Å². The lowest BCUT2D eigenvalue weighted by Crippen LogP contribution is -2.46. The molecule has 0 amide bonds. The van der Waals surface area contributed by atoms with Crippen molar-refractivity contribution in [1.29, 1.82) is 0 Å². The number of hydrogen-bond donors (Lipinski definition) is 1. The van der Waals surface area contributed by atoms with Crippen LogP contribution in [-0.2, 0) is 4.74 Å². The number of aromatic hydroxyl groups is 1. The van der Waals surface area contributed by atoms with Crippen LogP contribution in [0.4, 0.5) is 17.2 Å². The highest BCUT2D eigenvalue weighted by molar-refractivity contribution is 5.61. The second-order valence-electron chi connectivity index (χ2n) is 6.52. The number of piperazine rings is 1. The lowest BCUT2D eigenvalue weighted by molar-refractivity contribution is -0.384. The van der Waals surface area contributed by atoms with Crippen molar-refractivity contribution in [2.75, 3.05) is 56.3 Å². The molecular weight excluding hydrogens is 364 g/mol. The van der Waals surface area contributed by atoms with Crippen molar-refractivity contribution < 1.29 is 19.5 Å². The first-order chi connectivity index (χ1) is 13.5. The third-order valence-corrected chi connectivity index (χ3v) is 4.62. The zero-order valence-electron chi connectivity index (χ0n) is 16.0. The molecule has 0 aliphatic carbocycles. The molecule has 3 rings (SSSR count). The van der Waals surface area contributed by atoms with Gasteiger partial charge in [0.15, 0.2) is 11.6 Å². The quantitative estimate of drug-likeness (QED) is 0.438. The van der Waals surface area contributed by atoms with E-state index < -0.39 is 4.92 Å². The van der Waals surface area contributed by atoms with Gasteiger partial charge in [-0.05, 0) is 19.1 Å². The van der Waals surface area contributed by atoms with Gasteiger partial charge in [-0.2, -0.15) is 0 Å². The number of rotatable bonds is 7. The molecule has 1 aromatic carbocycles. The summed E-state index contributed by atoms with van der Waals surface area (Å²) in [6.07, 6.45) is 0. The van der Waals surface area contributed by atoms with E-state index in [0.717, 1.165) is 11.4 Å².